The van der Waals surface area contributed by atoms with Gasteiger partial charge in [0.15, 0.2) is 18.2 Å². The van der Waals surface area contributed by atoms with Crippen LogP contribution in [0, 0.1) is 11.7 Å². The molecule has 150 valence electrons. The molecule has 0 spiro atoms. The predicted octanol–water partition coefficient (Wildman–Crippen LogP) is 2.33. The number of rotatable bonds is 7. The molecule has 1 aliphatic rings. The molecule has 0 saturated heterocycles. The molecule has 1 heterocycles. The van der Waals surface area contributed by atoms with E-state index in [1.807, 2.05) is 0 Å². The van der Waals surface area contributed by atoms with Gasteiger partial charge in [-0.15, -0.1) is 0 Å². The summed E-state index contributed by atoms with van der Waals surface area (Å²) >= 11 is 5.93. The van der Waals surface area contributed by atoms with Crippen LogP contribution in [0.4, 0.5) is 13.2 Å². The lowest BCUT2D eigenvalue weighted by Gasteiger charge is -2.21. The van der Waals surface area contributed by atoms with Crippen molar-refractivity contribution >= 4 is 33.3 Å². The number of nitrogens with zero attached hydrogens (tertiary/aromatic N) is 1. The summed E-state index contributed by atoms with van der Waals surface area (Å²) in [5, 5.41) is 3.58. The van der Waals surface area contributed by atoms with Crippen LogP contribution in [0.25, 0.3) is 0 Å². The van der Waals surface area contributed by atoms with E-state index in [1.54, 1.807) is 6.92 Å². The minimum atomic E-state index is -4.06. The Balaban J connectivity index is 2.14. The van der Waals surface area contributed by atoms with E-state index in [0.29, 0.717) is 12.0 Å². The van der Waals surface area contributed by atoms with Gasteiger partial charge in [0.25, 0.3) is 10.1 Å². The summed E-state index contributed by atoms with van der Waals surface area (Å²) in [6.07, 6.45) is 0.777. The molecule has 12 heteroatoms. The Labute approximate surface area is 158 Å². The van der Waals surface area contributed by atoms with Crippen LogP contribution in [0.2, 0.25) is 5.02 Å². The van der Waals surface area contributed by atoms with E-state index in [9.17, 15) is 26.4 Å². The number of hydrazone groups is 1. The maximum absolute atomic E-state index is 14.3. The molecule has 1 atom stereocenters. The normalized spacial score (nSPS) is 18.1. The monoisotopic (exact) mass is 428 g/mol. The maximum Gasteiger partial charge on any atom is 0.305 e. The number of carbonyl (C=O) groups is 1. The molecule has 7 nitrogen and oxygen atoms in total. The molecule has 1 N–H and O–H groups in total. The molecule has 2 rings (SSSR count). The van der Waals surface area contributed by atoms with Crippen molar-refractivity contribution in [3.05, 3.63) is 28.5 Å². The van der Waals surface area contributed by atoms with Crippen molar-refractivity contribution in [1.29, 1.82) is 0 Å². The second-order valence-electron chi connectivity index (χ2n) is 6.02. The number of nitrogens with one attached hydrogen (secondary N) is 1. The maximum atomic E-state index is 14.3. The first-order valence-electron chi connectivity index (χ1n) is 7.59. The first kappa shape index (κ1) is 21.5. The molecule has 0 bridgehead atoms. The van der Waals surface area contributed by atoms with Crippen LogP contribution in [0.15, 0.2) is 17.2 Å². The van der Waals surface area contributed by atoms with Crippen molar-refractivity contribution in [2.45, 2.75) is 19.3 Å². The molecule has 0 fully saturated rings. The summed E-state index contributed by atoms with van der Waals surface area (Å²) in [6.45, 7) is -1.07. The SMILES string of the molecule is CC1CC(=O)NN=C1c1cc(F)c(OCC(F)(F)COS(C)(=O)=O)c(Cl)c1. The van der Waals surface area contributed by atoms with Crippen molar-refractivity contribution < 1.29 is 35.3 Å². The molecule has 1 aromatic carbocycles. The largest absolute Gasteiger partial charge is 0.483 e. The lowest BCUT2D eigenvalue weighted by atomic mass is 9.94. The molecule has 1 aromatic rings. The number of hydrogen-bond acceptors (Lipinski definition) is 6. The summed E-state index contributed by atoms with van der Waals surface area (Å²) in [5.41, 5.74) is 2.93. The van der Waals surface area contributed by atoms with Gasteiger partial charge in [-0.25, -0.2) is 18.6 Å². The molecular weight excluding hydrogens is 413 g/mol. The summed E-state index contributed by atoms with van der Waals surface area (Å²) in [6, 6.07) is 2.27. The highest BCUT2D eigenvalue weighted by Gasteiger charge is 2.33. The molecule has 27 heavy (non-hydrogen) atoms. The van der Waals surface area contributed by atoms with Gasteiger partial charge in [-0.1, -0.05) is 18.5 Å². The minimum absolute atomic E-state index is 0.156. The average Bonchev–Trinajstić information content (AvgIpc) is 2.51. The highest BCUT2D eigenvalue weighted by atomic mass is 35.5. The van der Waals surface area contributed by atoms with Crippen LogP contribution >= 0.6 is 11.6 Å². The Morgan fingerprint density at radius 1 is 1.37 bits per heavy atom. The van der Waals surface area contributed by atoms with Gasteiger partial charge in [0.1, 0.15) is 6.61 Å². The molecule has 0 radical (unpaired) electrons. The number of amides is 1. The van der Waals surface area contributed by atoms with Gasteiger partial charge in [-0.2, -0.15) is 13.5 Å². The molecule has 0 aliphatic carbocycles. The first-order chi connectivity index (χ1) is 12.4. The highest BCUT2D eigenvalue weighted by molar-refractivity contribution is 7.85. The Morgan fingerprint density at radius 3 is 2.59 bits per heavy atom. The number of benzene rings is 1. The third-order valence-electron chi connectivity index (χ3n) is 3.47. The van der Waals surface area contributed by atoms with Gasteiger partial charge in [0.05, 0.1) is 17.0 Å². The van der Waals surface area contributed by atoms with Gasteiger partial charge < -0.3 is 4.74 Å². The second-order valence-corrected chi connectivity index (χ2v) is 8.07. The van der Waals surface area contributed by atoms with Crippen molar-refractivity contribution in [3.8, 4) is 5.75 Å². The van der Waals surface area contributed by atoms with E-state index >= 15 is 0 Å². The number of ether oxygens (including phenoxy) is 1. The number of halogens is 4. The molecule has 1 unspecified atom stereocenters. The number of alkyl halides is 2. The fourth-order valence-electron chi connectivity index (χ4n) is 2.26. The fourth-order valence-corrected chi connectivity index (χ4v) is 2.91. The topological polar surface area (TPSA) is 94.1 Å². The minimum Gasteiger partial charge on any atom is -0.483 e. The molecular formula is C15H16ClF3N2O5S. The lowest BCUT2D eigenvalue weighted by Crippen LogP contribution is -2.33. The van der Waals surface area contributed by atoms with Crippen LogP contribution in [-0.4, -0.2) is 45.4 Å². The zero-order chi connectivity index (χ0) is 20.4. The molecule has 0 saturated carbocycles. The van der Waals surface area contributed by atoms with Gasteiger partial charge in [-0.05, 0) is 12.1 Å². The van der Waals surface area contributed by atoms with Gasteiger partial charge in [-0.3, -0.25) is 8.98 Å². The van der Waals surface area contributed by atoms with E-state index < -0.39 is 40.8 Å². The smallest absolute Gasteiger partial charge is 0.305 e. The summed E-state index contributed by atoms with van der Waals surface area (Å²) in [4.78, 5) is 11.3. The predicted molar refractivity (Wildman–Crippen MR) is 91.1 cm³/mol. The van der Waals surface area contributed by atoms with Crippen LogP contribution in [0.3, 0.4) is 0 Å². The van der Waals surface area contributed by atoms with Crippen LogP contribution in [0.1, 0.15) is 18.9 Å². The van der Waals surface area contributed by atoms with E-state index in [4.69, 9.17) is 16.3 Å². The van der Waals surface area contributed by atoms with Crippen molar-refractivity contribution in [2.75, 3.05) is 19.5 Å². The molecule has 1 amide bonds. The van der Waals surface area contributed by atoms with Crippen LogP contribution in [-0.2, 0) is 19.1 Å². The second kappa shape index (κ2) is 8.03. The van der Waals surface area contributed by atoms with Crippen molar-refractivity contribution in [2.24, 2.45) is 11.0 Å². The standard InChI is InChI=1S/C15H16ClF3N2O5S/c1-8-3-12(22)20-21-13(8)9-4-10(16)14(11(17)5-9)25-6-15(18,19)7-26-27(2,23)24/h4-5,8H,3,6-7H2,1-2H3,(H,20,22). The Hall–Kier alpha value is -1.85. The fraction of sp³-hybridized carbons (Fsp3) is 0.467. The van der Waals surface area contributed by atoms with E-state index in [0.717, 1.165) is 6.07 Å². The highest BCUT2D eigenvalue weighted by Crippen LogP contribution is 2.32. The summed E-state index contributed by atoms with van der Waals surface area (Å²) in [5.74, 6) is -5.89. The van der Waals surface area contributed by atoms with E-state index in [2.05, 4.69) is 14.7 Å². The number of hydrogen-bond donors (Lipinski definition) is 1. The molecule has 0 aromatic heterocycles. The summed E-state index contributed by atoms with van der Waals surface area (Å²) in [7, 11) is -4.06. The zero-order valence-corrected chi connectivity index (χ0v) is 15.8. The average molecular weight is 429 g/mol. The van der Waals surface area contributed by atoms with Gasteiger partial charge in [0.2, 0.25) is 5.91 Å². The Kier molecular flexibility index (Phi) is 6.38. The van der Waals surface area contributed by atoms with Crippen LogP contribution < -0.4 is 10.2 Å². The number of carbonyl (C=O) groups excluding carboxylic acids is 1. The Morgan fingerprint density at radius 2 is 2.04 bits per heavy atom. The quantitative estimate of drug-likeness (QED) is 0.673. The van der Waals surface area contributed by atoms with Gasteiger partial charge in [0, 0.05) is 17.9 Å². The van der Waals surface area contributed by atoms with Crippen molar-refractivity contribution in [3.63, 3.8) is 0 Å². The van der Waals surface area contributed by atoms with E-state index in [1.165, 1.54) is 6.07 Å². The third-order valence-corrected chi connectivity index (χ3v) is 4.29. The third kappa shape index (κ3) is 6.08. The van der Waals surface area contributed by atoms with Crippen LogP contribution in [0.5, 0.6) is 5.75 Å². The van der Waals surface area contributed by atoms with Crippen molar-refractivity contribution in [1.82, 2.24) is 5.43 Å². The lowest BCUT2D eigenvalue weighted by molar-refractivity contribution is -0.121. The first-order valence-corrected chi connectivity index (χ1v) is 9.78. The summed E-state index contributed by atoms with van der Waals surface area (Å²) < 4.78 is 71.9. The Bertz CT molecular complexity index is 853. The van der Waals surface area contributed by atoms with E-state index in [-0.39, 0.29) is 28.8 Å². The zero-order valence-electron chi connectivity index (χ0n) is 14.3. The van der Waals surface area contributed by atoms with Gasteiger partial charge >= 0.3 is 5.92 Å². The molecule has 1 aliphatic heterocycles.